The van der Waals surface area contributed by atoms with E-state index >= 15 is 0 Å². The predicted molar refractivity (Wildman–Crippen MR) is 104 cm³/mol. The molecule has 0 bridgehead atoms. The molecule has 148 valence electrons. The third kappa shape index (κ3) is 4.92. The van der Waals surface area contributed by atoms with Gasteiger partial charge in [0, 0.05) is 28.7 Å². The van der Waals surface area contributed by atoms with E-state index < -0.39 is 11.9 Å². The van der Waals surface area contributed by atoms with Gasteiger partial charge in [-0.05, 0) is 49.3 Å². The highest BCUT2D eigenvalue weighted by atomic mass is 32.2. The van der Waals surface area contributed by atoms with Crippen molar-refractivity contribution in [3.05, 3.63) is 29.3 Å². The molecule has 3 rings (SSSR count). The van der Waals surface area contributed by atoms with E-state index in [0.717, 1.165) is 41.0 Å². The van der Waals surface area contributed by atoms with E-state index in [4.69, 9.17) is 9.84 Å². The van der Waals surface area contributed by atoms with Crippen LogP contribution in [-0.4, -0.2) is 47.5 Å². The van der Waals surface area contributed by atoms with E-state index in [1.807, 2.05) is 18.2 Å². The number of ether oxygens (including phenoxy) is 1. The van der Waals surface area contributed by atoms with Crippen LogP contribution in [0.15, 0.2) is 23.1 Å². The molecule has 1 aliphatic carbocycles. The summed E-state index contributed by atoms with van der Waals surface area (Å²) < 4.78 is 5.23. The number of Topliss-reactive ketones (excluding diaryl/α,β-unsaturated/α-hetero) is 1. The second-order valence-electron chi connectivity index (χ2n) is 7.45. The summed E-state index contributed by atoms with van der Waals surface area (Å²) in [6.45, 7) is 0.684. The molecule has 0 radical (unpaired) electrons. The molecule has 1 fully saturated rings. The topological polar surface area (TPSA) is 83.8 Å². The molecular weight excluding hydrogens is 364 g/mol. The van der Waals surface area contributed by atoms with E-state index in [2.05, 4.69) is 0 Å². The summed E-state index contributed by atoms with van der Waals surface area (Å²) >= 11 is 1.71. The molecule has 1 aromatic carbocycles. The van der Waals surface area contributed by atoms with Crippen molar-refractivity contribution >= 4 is 23.5 Å². The van der Waals surface area contributed by atoms with Crippen LogP contribution in [0.5, 0.6) is 0 Å². The molecule has 0 saturated heterocycles. The van der Waals surface area contributed by atoms with Crippen molar-refractivity contribution in [3.63, 3.8) is 0 Å². The summed E-state index contributed by atoms with van der Waals surface area (Å²) in [5, 5.41) is 18.4. The Kier molecular flexibility index (Phi) is 7.33. The number of hydrogen-bond acceptors (Lipinski definition) is 5. The molecule has 6 heteroatoms. The fourth-order valence-corrected chi connectivity index (χ4v) is 5.55. The second-order valence-corrected chi connectivity index (χ2v) is 8.51. The number of carbonyl (C=O) groups is 2. The molecule has 1 saturated carbocycles. The highest BCUT2D eigenvalue weighted by Gasteiger charge is 2.35. The van der Waals surface area contributed by atoms with Crippen molar-refractivity contribution in [3.8, 4) is 0 Å². The third-order valence-electron chi connectivity index (χ3n) is 5.69. The molecule has 3 unspecified atom stereocenters. The standard InChI is InChI=1S/C21H28O5S/c22-9-11-26-10-3-6-17(21(24)25)14-7-8-18-19(12-14)27-13-15-4-1-2-5-16(15)20(18)23/h7-8,12,15-17,22H,1-6,9-11,13H2,(H,24,25). The van der Waals surface area contributed by atoms with Crippen LogP contribution in [0.1, 0.15) is 60.4 Å². The highest BCUT2D eigenvalue weighted by Crippen LogP contribution is 2.42. The smallest absolute Gasteiger partial charge is 0.310 e. The van der Waals surface area contributed by atoms with Gasteiger partial charge >= 0.3 is 5.97 Å². The number of fused-ring (bicyclic) bond motifs is 2. The van der Waals surface area contributed by atoms with Crippen molar-refractivity contribution in [2.45, 2.75) is 49.3 Å². The summed E-state index contributed by atoms with van der Waals surface area (Å²) in [5.74, 6) is 0.323. The van der Waals surface area contributed by atoms with Crippen molar-refractivity contribution in [1.29, 1.82) is 0 Å². The van der Waals surface area contributed by atoms with Crippen LogP contribution >= 0.6 is 11.8 Å². The Hall–Kier alpha value is -1.37. The lowest BCUT2D eigenvalue weighted by molar-refractivity contribution is -0.139. The van der Waals surface area contributed by atoms with Gasteiger partial charge in [-0.25, -0.2) is 0 Å². The Morgan fingerprint density at radius 3 is 2.85 bits per heavy atom. The van der Waals surface area contributed by atoms with Crippen molar-refractivity contribution < 1.29 is 24.5 Å². The highest BCUT2D eigenvalue weighted by molar-refractivity contribution is 7.99. The number of aliphatic hydroxyl groups is 1. The van der Waals surface area contributed by atoms with Crippen molar-refractivity contribution in [1.82, 2.24) is 0 Å². The zero-order valence-corrected chi connectivity index (χ0v) is 16.4. The maximum absolute atomic E-state index is 13.0. The van der Waals surface area contributed by atoms with Gasteiger partial charge in [0.25, 0.3) is 0 Å². The molecular formula is C21H28O5S. The molecule has 27 heavy (non-hydrogen) atoms. The fourth-order valence-electron chi connectivity index (χ4n) is 4.22. The van der Waals surface area contributed by atoms with E-state index in [0.29, 0.717) is 25.4 Å². The van der Waals surface area contributed by atoms with Crippen molar-refractivity contribution in [2.24, 2.45) is 11.8 Å². The van der Waals surface area contributed by atoms with Gasteiger partial charge in [0.15, 0.2) is 5.78 Å². The Labute approximate surface area is 164 Å². The Morgan fingerprint density at radius 1 is 1.26 bits per heavy atom. The monoisotopic (exact) mass is 392 g/mol. The van der Waals surface area contributed by atoms with E-state index in [1.54, 1.807) is 11.8 Å². The molecule has 2 aliphatic rings. The van der Waals surface area contributed by atoms with Gasteiger partial charge in [0.2, 0.25) is 0 Å². The molecule has 1 aliphatic heterocycles. The Morgan fingerprint density at radius 2 is 2.07 bits per heavy atom. The zero-order chi connectivity index (χ0) is 19.2. The number of aliphatic carboxylic acids is 1. The van der Waals surface area contributed by atoms with Gasteiger partial charge in [-0.3, -0.25) is 9.59 Å². The van der Waals surface area contributed by atoms with Crippen LogP contribution in [0.4, 0.5) is 0 Å². The van der Waals surface area contributed by atoms with Crippen LogP contribution < -0.4 is 0 Å². The first-order valence-corrected chi connectivity index (χ1v) is 10.8. The largest absolute Gasteiger partial charge is 0.481 e. The van der Waals surface area contributed by atoms with Crippen LogP contribution in [0, 0.1) is 11.8 Å². The molecule has 3 atom stereocenters. The lowest BCUT2D eigenvalue weighted by Crippen LogP contribution is -2.27. The van der Waals surface area contributed by atoms with Gasteiger partial charge in [0.1, 0.15) is 0 Å². The van der Waals surface area contributed by atoms with Crippen LogP contribution in [0.3, 0.4) is 0 Å². The number of carboxylic acids is 1. The predicted octanol–water partition coefficient (Wildman–Crippen LogP) is 3.74. The van der Waals surface area contributed by atoms with Crippen LogP contribution in [0.25, 0.3) is 0 Å². The molecule has 0 spiro atoms. The summed E-state index contributed by atoms with van der Waals surface area (Å²) in [6, 6.07) is 5.57. The summed E-state index contributed by atoms with van der Waals surface area (Å²) in [4.78, 5) is 25.7. The summed E-state index contributed by atoms with van der Waals surface area (Å²) in [7, 11) is 0. The summed E-state index contributed by atoms with van der Waals surface area (Å²) in [6.07, 6.45) is 5.53. The number of thioether (sulfide) groups is 1. The van der Waals surface area contributed by atoms with E-state index in [1.165, 1.54) is 6.42 Å². The third-order valence-corrected chi connectivity index (χ3v) is 6.93. The first-order valence-electron chi connectivity index (χ1n) is 9.84. The number of aliphatic hydroxyl groups excluding tert-OH is 1. The van der Waals surface area contributed by atoms with Crippen LogP contribution in [-0.2, 0) is 9.53 Å². The fraction of sp³-hybridized carbons (Fsp3) is 0.619. The minimum absolute atomic E-state index is 0.0274. The molecule has 5 nitrogen and oxygen atoms in total. The first-order chi connectivity index (χ1) is 13.1. The first kappa shape index (κ1) is 20.4. The number of carboxylic acid groups (broad SMARTS) is 1. The van der Waals surface area contributed by atoms with Crippen molar-refractivity contribution in [2.75, 3.05) is 25.6 Å². The van der Waals surface area contributed by atoms with Gasteiger partial charge in [-0.2, -0.15) is 0 Å². The SMILES string of the molecule is O=C(O)C(CCCOCCO)c1ccc2c(c1)SCC1CCCCC1C2=O. The van der Waals surface area contributed by atoms with Gasteiger partial charge in [0.05, 0.1) is 19.1 Å². The average Bonchev–Trinajstić information content (AvgIpc) is 2.81. The number of ketones is 1. The molecule has 1 aromatic rings. The zero-order valence-electron chi connectivity index (χ0n) is 15.6. The summed E-state index contributed by atoms with van der Waals surface area (Å²) in [5.41, 5.74) is 1.53. The number of rotatable bonds is 8. The Balaban J connectivity index is 1.74. The maximum atomic E-state index is 13.0. The molecule has 0 amide bonds. The van der Waals surface area contributed by atoms with E-state index in [-0.39, 0.29) is 24.9 Å². The van der Waals surface area contributed by atoms with Gasteiger partial charge in [-0.15, -0.1) is 11.8 Å². The number of carbonyl (C=O) groups excluding carboxylic acids is 1. The quantitative estimate of drug-likeness (QED) is 0.656. The number of hydrogen-bond donors (Lipinski definition) is 2. The normalized spacial score (nSPS) is 23.2. The van der Waals surface area contributed by atoms with E-state index in [9.17, 15) is 14.7 Å². The lowest BCUT2D eigenvalue weighted by atomic mass is 9.76. The molecule has 0 aromatic heterocycles. The van der Waals surface area contributed by atoms with Crippen LogP contribution in [0.2, 0.25) is 0 Å². The molecule has 1 heterocycles. The second kappa shape index (κ2) is 9.71. The van der Waals surface area contributed by atoms with Gasteiger partial charge < -0.3 is 14.9 Å². The number of benzene rings is 1. The minimum Gasteiger partial charge on any atom is -0.481 e. The van der Waals surface area contributed by atoms with Gasteiger partial charge in [-0.1, -0.05) is 18.9 Å². The Bertz CT molecular complexity index is 675. The maximum Gasteiger partial charge on any atom is 0.310 e. The average molecular weight is 393 g/mol. The molecule has 2 N–H and O–H groups in total. The minimum atomic E-state index is -0.851. The lowest BCUT2D eigenvalue weighted by Gasteiger charge is -2.28.